The van der Waals surface area contributed by atoms with Gasteiger partial charge in [-0.05, 0) is 39.6 Å². The molecular weight excluding hydrogens is 509 g/mol. The lowest BCUT2D eigenvalue weighted by atomic mass is 10.2. The maximum absolute atomic E-state index is 12.8. The molecule has 13 heteroatoms. The monoisotopic (exact) mass is 511 g/mol. The number of anilines is 1. The number of nitrogens with one attached hydrogen (secondary N) is 1. The normalized spacial score (nSPS) is 11.7. The van der Waals surface area contributed by atoms with Gasteiger partial charge < -0.3 is 10.1 Å². The molecule has 0 radical (unpaired) electrons. The van der Waals surface area contributed by atoms with Crippen LogP contribution in [0.5, 0.6) is 5.75 Å². The Hall–Kier alpha value is -0.920. The van der Waals surface area contributed by atoms with Crippen molar-refractivity contribution in [3.8, 4) is 5.75 Å². The number of nitrogens with zero attached hydrogens (tertiary/aromatic N) is 2. The summed E-state index contributed by atoms with van der Waals surface area (Å²) in [7, 11) is 0. The maximum Gasteiger partial charge on any atom is 0.573 e. The van der Waals surface area contributed by atoms with Crippen LogP contribution in [0.4, 0.5) is 27.6 Å². The minimum absolute atomic E-state index is 0.146. The highest BCUT2D eigenvalue weighted by Gasteiger charge is 2.33. The lowest BCUT2D eigenvalue weighted by Gasteiger charge is -2.16. The fraction of sp³-hybridized carbons (Fsp3) is 0.182. The molecule has 1 heterocycles. The van der Waals surface area contributed by atoms with Gasteiger partial charge in [-0.15, -0.1) is 18.3 Å². The van der Waals surface area contributed by atoms with Crippen LogP contribution in [0.25, 0.3) is 0 Å². The van der Waals surface area contributed by atoms with Gasteiger partial charge in [0.1, 0.15) is 9.87 Å². The third-order valence-electron chi connectivity index (χ3n) is 2.41. The fourth-order valence-corrected chi connectivity index (χ4v) is 3.72. The minimum Gasteiger partial charge on any atom is -0.403 e. The number of thiocarbonyl (C=S) groups is 1. The number of benzene rings is 1. The van der Waals surface area contributed by atoms with E-state index in [1.807, 2.05) is 0 Å². The van der Waals surface area contributed by atoms with Crippen LogP contribution >= 0.6 is 55.6 Å². The van der Waals surface area contributed by atoms with E-state index in [-0.39, 0.29) is 20.0 Å². The summed E-state index contributed by atoms with van der Waals surface area (Å²) in [6, 6.07) is 2.50. The zero-order valence-electron chi connectivity index (χ0n) is 11.0. The summed E-state index contributed by atoms with van der Waals surface area (Å²) in [5, 5.41) is 5.72. The van der Waals surface area contributed by atoms with Crippen LogP contribution in [0.1, 0.15) is 17.0 Å². The van der Waals surface area contributed by atoms with Crippen molar-refractivity contribution in [3.05, 3.63) is 31.6 Å². The molecule has 0 aliphatic heterocycles. The van der Waals surface area contributed by atoms with Crippen molar-refractivity contribution in [1.29, 1.82) is 0 Å². The fourth-order valence-electron chi connectivity index (χ4n) is 1.54. The molecule has 0 saturated heterocycles. The molecule has 0 aliphatic rings. The molecule has 0 spiro atoms. The summed E-state index contributed by atoms with van der Waals surface area (Å²) in [6.07, 6.45) is -7.86. The van der Waals surface area contributed by atoms with Gasteiger partial charge in [0.25, 0.3) is 6.43 Å². The van der Waals surface area contributed by atoms with E-state index in [2.05, 4.69) is 51.5 Å². The van der Waals surface area contributed by atoms with E-state index in [0.29, 0.717) is 16.0 Å². The Morgan fingerprint density at radius 2 is 1.96 bits per heavy atom. The largest absolute Gasteiger partial charge is 0.573 e. The standard InChI is InChI=1S/C11H4Br2F5N3OS2/c12-3-1-4(13)6(5(2-3)22-11(16,17)18)19-10(23)8-7(9(14)15)20-21-24-8/h1-2,9H,(H,19,23). The van der Waals surface area contributed by atoms with Crippen molar-refractivity contribution in [2.45, 2.75) is 12.8 Å². The van der Waals surface area contributed by atoms with E-state index >= 15 is 0 Å². The number of rotatable bonds is 4. The Kier molecular flexibility index (Phi) is 6.09. The summed E-state index contributed by atoms with van der Waals surface area (Å²) < 4.78 is 71.0. The Balaban J connectivity index is 2.38. The molecule has 0 fully saturated rings. The predicted molar refractivity (Wildman–Crippen MR) is 88.7 cm³/mol. The average molecular weight is 513 g/mol. The van der Waals surface area contributed by atoms with E-state index in [1.54, 1.807) is 0 Å². The molecule has 0 atom stereocenters. The van der Waals surface area contributed by atoms with Crippen molar-refractivity contribution in [2.75, 3.05) is 5.32 Å². The molecule has 0 saturated carbocycles. The third kappa shape index (κ3) is 4.80. The second kappa shape index (κ2) is 7.54. The van der Waals surface area contributed by atoms with Gasteiger partial charge in [-0.3, -0.25) is 0 Å². The van der Waals surface area contributed by atoms with E-state index in [1.165, 1.54) is 6.07 Å². The van der Waals surface area contributed by atoms with Crippen LogP contribution < -0.4 is 10.1 Å². The molecule has 1 aromatic heterocycles. The van der Waals surface area contributed by atoms with Crippen molar-refractivity contribution in [1.82, 2.24) is 9.59 Å². The summed E-state index contributed by atoms with van der Waals surface area (Å²) in [6.45, 7) is 0. The van der Waals surface area contributed by atoms with Gasteiger partial charge >= 0.3 is 6.36 Å². The highest BCUT2D eigenvalue weighted by Crippen LogP contribution is 2.39. The topological polar surface area (TPSA) is 47.0 Å². The van der Waals surface area contributed by atoms with Gasteiger partial charge in [0.05, 0.1) is 5.69 Å². The lowest BCUT2D eigenvalue weighted by molar-refractivity contribution is -0.274. The Morgan fingerprint density at radius 1 is 1.29 bits per heavy atom. The smallest absolute Gasteiger partial charge is 0.403 e. The maximum atomic E-state index is 12.8. The Bertz CT molecular complexity index is 769. The molecule has 2 aromatic rings. The molecular formula is C11H4Br2F5N3OS2. The Labute approximate surface area is 157 Å². The molecule has 1 aromatic carbocycles. The first-order valence-electron chi connectivity index (χ1n) is 5.75. The average Bonchev–Trinajstić information content (AvgIpc) is 2.90. The summed E-state index contributed by atoms with van der Waals surface area (Å²) in [5.74, 6) is -0.595. The number of halogens is 7. The van der Waals surface area contributed by atoms with Gasteiger partial charge in [0.15, 0.2) is 11.4 Å². The van der Waals surface area contributed by atoms with Crippen LogP contribution in [-0.2, 0) is 0 Å². The van der Waals surface area contributed by atoms with E-state index in [4.69, 9.17) is 12.2 Å². The van der Waals surface area contributed by atoms with Gasteiger partial charge in [-0.1, -0.05) is 32.6 Å². The summed E-state index contributed by atoms with van der Waals surface area (Å²) in [4.78, 5) is -0.400. The van der Waals surface area contributed by atoms with E-state index in [9.17, 15) is 22.0 Å². The van der Waals surface area contributed by atoms with Crippen LogP contribution in [0.2, 0.25) is 0 Å². The van der Waals surface area contributed by atoms with Crippen molar-refractivity contribution in [2.24, 2.45) is 0 Å². The first-order chi connectivity index (χ1) is 11.1. The molecule has 2 rings (SSSR count). The van der Waals surface area contributed by atoms with Crippen LogP contribution in [-0.4, -0.2) is 20.9 Å². The third-order valence-corrected chi connectivity index (χ3v) is 4.69. The van der Waals surface area contributed by atoms with Gasteiger partial charge in [0.2, 0.25) is 0 Å². The zero-order valence-corrected chi connectivity index (χ0v) is 15.8. The number of hydrogen-bond acceptors (Lipinski definition) is 5. The second-order valence-corrected chi connectivity index (χ2v) is 6.98. The number of ether oxygens (including phenoxy) is 1. The van der Waals surface area contributed by atoms with E-state index in [0.717, 1.165) is 6.07 Å². The lowest BCUT2D eigenvalue weighted by Crippen LogP contribution is -2.19. The van der Waals surface area contributed by atoms with Gasteiger partial charge in [-0.25, -0.2) is 8.78 Å². The van der Waals surface area contributed by atoms with Gasteiger partial charge in [0, 0.05) is 8.95 Å². The van der Waals surface area contributed by atoms with Crippen LogP contribution in [0.3, 0.4) is 0 Å². The quantitative estimate of drug-likeness (QED) is 0.421. The summed E-state index contributed by atoms with van der Waals surface area (Å²) in [5.41, 5.74) is -0.821. The van der Waals surface area contributed by atoms with Crippen LogP contribution in [0, 0.1) is 0 Å². The minimum atomic E-state index is -4.95. The van der Waals surface area contributed by atoms with Crippen LogP contribution in [0.15, 0.2) is 21.1 Å². The first kappa shape index (κ1) is 19.4. The number of alkyl halides is 5. The predicted octanol–water partition coefficient (Wildman–Crippen LogP) is 5.69. The molecule has 130 valence electrons. The zero-order chi connectivity index (χ0) is 18.1. The number of aromatic nitrogens is 2. The first-order valence-corrected chi connectivity index (χ1v) is 8.52. The van der Waals surface area contributed by atoms with Crippen molar-refractivity contribution in [3.63, 3.8) is 0 Å². The van der Waals surface area contributed by atoms with Crippen molar-refractivity contribution < 1.29 is 26.7 Å². The number of hydrogen-bond donors (Lipinski definition) is 1. The van der Waals surface area contributed by atoms with Crippen molar-refractivity contribution >= 4 is 66.3 Å². The highest BCUT2D eigenvalue weighted by atomic mass is 79.9. The van der Waals surface area contributed by atoms with Gasteiger partial charge in [-0.2, -0.15) is 0 Å². The molecule has 0 unspecified atom stereocenters. The molecule has 4 nitrogen and oxygen atoms in total. The molecule has 0 aliphatic carbocycles. The van der Waals surface area contributed by atoms with E-state index < -0.39 is 24.2 Å². The molecule has 24 heavy (non-hydrogen) atoms. The Morgan fingerprint density at radius 3 is 2.54 bits per heavy atom. The SMILES string of the molecule is FC(F)c1nnsc1C(=S)Nc1c(Br)cc(Br)cc1OC(F)(F)F. The second-order valence-electron chi connectivity index (χ2n) is 4.05. The molecule has 1 N–H and O–H groups in total. The highest BCUT2D eigenvalue weighted by molar-refractivity contribution is 9.11. The molecule has 0 bridgehead atoms. The molecule has 0 amide bonds. The summed E-state index contributed by atoms with van der Waals surface area (Å²) >= 11 is 11.7.